The van der Waals surface area contributed by atoms with Crippen molar-refractivity contribution in [2.75, 3.05) is 51.0 Å². The Labute approximate surface area is 214 Å². The Balaban J connectivity index is 2.09. The SMILES string of the molecule is CCOC[Si](CCCNC(=O)NCCCCCCNC(=O)Nc1nc(C)cc(=O)[nH]1)(OCC)OCC. The Bertz CT molecular complexity index is 819. The summed E-state index contributed by atoms with van der Waals surface area (Å²) in [5.74, 6) is 0.123. The van der Waals surface area contributed by atoms with Gasteiger partial charge >= 0.3 is 20.6 Å². The monoisotopic (exact) mass is 528 g/mol. The third kappa shape index (κ3) is 14.2. The molecule has 0 spiro atoms. The number of aromatic nitrogens is 2. The number of aromatic amines is 1. The molecule has 1 heterocycles. The third-order valence-electron chi connectivity index (χ3n) is 5.14. The van der Waals surface area contributed by atoms with Gasteiger partial charge in [-0.25, -0.2) is 14.6 Å². The average Bonchev–Trinajstić information content (AvgIpc) is 2.82. The predicted molar refractivity (Wildman–Crippen MR) is 141 cm³/mol. The fraction of sp³-hybridized carbons (Fsp3) is 0.739. The van der Waals surface area contributed by atoms with Crippen LogP contribution < -0.4 is 26.8 Å². The van der Waals surface area contributed by atoms with Gasteiger partial charge in [0.1, 0.15) is 0 Å². The number of hydrogen-bond acceptors (Lipinski definition) is 7. The van der Waals surface area contributed by atoms with Gasteiger partial charge < -0.3 is 29.5 Å². The van der Waals surface area contributed by atoms with Crippen molar-refractivity contribution in [3.63, 3.8) is 0 Å². The Kier molecular flexibility index (Phi) is 16.4. The molecule has 0 saturated heterocycles. The van der Waals surface area contributed by atoms with Crippen LogP contribution in [0, 0.1) is 6.92 Å². The number of carbonyl (C=O) groups is 2. The maximum absolute atomic E-state index is 12.0. The first kappa shape index (κ1) is 31.5. The highest BCUT2D eigenvalue weighted by atomic mass is 28.4. The number of carbonyl (C=O) groups excluding carboxylic acids is 2. The Morgan fingerprint density at radius 2 is 1.47 bits per heavy atom. The first-order valence-corrected chi connectivity index (χ1v) is 15.1. The van der Waals surface area contributed by atoms with E-state index in [9.17, 15) is 14.4 Å². The zero-order chi connectivity index (χ0) is 26.7. The van der Waals surface area contributed by atoms with E-state index in [4.69, 9.17) is 13.6 Å². The van der Waals surface area contributed by atoms with E-state index in [2.05, 4.69) is 31.2 Å². The number of hydrogen-bond donors (Lipinski definition) is 5. The number of ether oxygens (including phenoxy) is 1. The van der Waals surface area contributed by atoms with Crippen LogP contribution in [0.25, 0.3) is 0 Å². The molecule has 1 aromatic rings. The second kappa shape index (κ2) is 18.7. The van der Waals surface area contributed by atoms with Crippen LogP contribution in [0.15, 0.2) is 10.9 Å². The average molecular weight is 529 g/mol. The van der Waals surface area contributed by atoms with Gasteiger partial charge in [0.2, 0.25) is 5.95 Å². The maximum Gasteiger partial charge on any atom is 0.364 e. The number of nitrogens with one attached hydrogen (secondary N) is 5. The van der Waals surface area contributed by atoms with Crippen LogP contribution in [-0.2, 0) is 13.6 Å². The normalized spacial score (nSPS) is 11.2. The summed E-state index contributed by atoms with van der Waals surface area (Å²) in [5.41, 5.74) is 0.213. The van der Waals surface area contributed by atoms with Crippen molar-refractivity contribution in [3.8, 4) is 0 Å². The van der Waals surface area contributed by atoms with Crippen molar-refractivity contribution in [1.29, 1.82) is 0 Å². The van der Waals surface area contributed by atoms with E-state index in [1.54, 1.807) is 6.92 Å². The third-order valence-corrected chi connectivity index (χ3v) is 8.53. The minimum Gasteiger partial charge on any atom is -0.393 e. The lowest BCUT2D eigenvalue weighted by Crippen LogP contribution is -2.48. The quantitative estimate of drug-likeness (QED) is 0.136. The fourth-order valence-electron chi connectivity index (χ4n) is 3.54. The van der Waals surface area contributed by atoms with E-state index in [1.165, 1.54) is 6.07 Å². The topological polar surface area (TPSA) is 156 Å². The van der Waals surface area contributed by atoms with Crippen molar-refractivity contribution in [2.24, 2.45) is 0 Å². The Morgan fingerprint density at radius 1 is 0.889 bits per heavy atom. The summed E-state index contributed by atoms with van der Waals surface area (Å²) < 4.78 is 17.5. The summed E-state index contributed by atoms with van der Waals surface area (Å²) in [4.78, 5) is 41.8. The summed E-state index contributed by atoms with van der Waals surface area (Å²) in [5, 5.41) is 11.0. The molecule has 0 aliphatic heterocycles. The van der Waals surface area contributed by atoms with Gasteiger partial charge in [-0.05, 0) is 53.0 Å². The molecule has 206 valence electrons. The van der Waals surface area contributed by atoms with E-state index < -0.39 is 14.6 Å². The first-order valence-electron chi connectivity index (χ1n) is 12.8. The molecule has 5 N–H and O–H groups in total. The van der Waals surface area contributed by atoms with Crippen LogP contribution in [0.1, 0.15) is 58.6 Å². The standard InChI is InChI=1S/C23H44N6O6Si/c1-5-33-18-36(34-6-2,35-7-3)16-12-15-25-22(31)24-13-10-8-9-11-14-26-23(32)29-21-27-19(4)17-20(30)28-21/h17H,5-16,18H2,1-4H3,(H2,24,25,31)(H3,26,27,28,29,30,32). The number of urea groups is 2. The number of rotatable bonds is 19. The van der Waals surface area contributed by atoms with Crippen molar-refractivity contribution in [3.05, 3.63) is 22.1 Å². The zero-order valence-corrected chi connectivity index (χ0v) is 23.2. The second-order valence-corrected chi connectivity index (χ2v) is 11.4. The number of H-pyrrole nitrogens is 1. The Hall–Kier alpha value is -2.48. The molecule has 0 radical (unpaired) electrons. The number of aryl methyl sites for hydroxylation is 1. The molecule has 0 atom stereocenters. The lowest BCUT2D eigenvalue weighted by molar-refractivity contribution is 0.111. The summed E-state index contributed by atoms with van der Waals surface area (Å²) in [6.45, 7) is 11.0. The molecule has 13 heteroatoms. The van der Waals surface area contributed by atoms with Crippen molar-refractivity contribution >= 4 is 26.6 Å². The summed E-state index contributed by atoms with van der Waals surface area (Å²) in [7, 11) is -2.41. The lowest BCUT2D eigenvalue weighted by Gasteiger charge is -2.29. The number of amides is 4. The minimum atomic E-state index is -2.41. The van der Waals surface area contributed by atoms with E-state index in [-0.39, 0.29) is 17.5 Å². The number of anilines is 1. The highest BCUT2D eigenvalue weighted by molar-refractivity contribution is 6.67. The van der Waals surface area contributed by atoms with Crippen LogP contribution in [-0.4, -0.2) is 76.3 Å². The van der Waals surface area contributed by atoms with Gasteiger partial charge in [0.15, 0.2) is 0 Å². The van der Waals surface area contributed by atoms with Gasteiger partial charge in [-0.2, -0.15) is 0 Å². The van der Waals surface area contributed by atoms with Gasteiger partial charge in [0, 0.05) is 51.2 Å². The van der Waals surface area contributed by atoms with Crippen LogP contribution >= 0.6 is 0 Å². The van der Waals surface area contributed by atoms with Gasteiger partial charge in [0.25, 0.3) is 5.56 Å². The molecule has 0 aliphatic carbocycles. The highest BCUT2D eigenvalue weighted by Gasteiger charge is 2.37. The molecule has 36 heavy (non-hydrogen) atoms. The first-order chi connectivity index (χ1) is 17.3. The van der Waals surface area contributed by atoms with Gasteiger partial charge in [-0.3, -0.25) is 15.1 Å². The van der Waals surface area contributed by atoms with Gasteiger partial charge in [0.05, 0.1) is 6.23 Å². The molecular weight excluding hydrogens is 484 g/mol. The van der Waals surface area contributed by atoms with Crippen LogP contribution in [0.5, 0.6) is 0 Å². The van der Waals surface area contributed by atoms with Crippen molar-refractivity contribution in [1.82, 2.24) is 25.9 Å². The van der Waals surface area contributed by atoms with Crippen LogP contribution in [0.2, 0.25) is 6.04 Å². The molecule has 4 amide bonds. The lowest BCUT2D eigenvalue weighted by atomic mass is 10.2. The summed E-state index contributed by atoms with van der Waals surface area (Å²) in [6, 6.07) is 1.52. The minimum absolute atomic E-state index is 0.123. The van der Waals surface area contributed by atoms with E-state index in [1.807, 2.05) is 20.8 Å². The molecule has 0 unspecified atom stereocenters. The van der Waals surface area contributed by atoms with Crippen molar-refractivity contribution < 1.29 is 23.2 Å². The van der Waals surface area contributed by atoms with Crippen molar-refractivity contribution in [2.45, 2.75) is 65.8 Å². The second-order valence-electron chi connectivity index (χ2n) is 8.23. The zero-order valence-electron chi connectivity index (χ0n) is 22.2. The van der Waals surface area contributed by atoms with Crippen LogP contribution in [0.4, 0.5) is 15.5 Å². The maximum atomic E-state index is 12.0. The smallest absolute Gasteiger partial charge is 0.364 e. The van der Waals surface area contributed by atoms with Gasteiger partial charge in [-0.15, -0.1) is 0 Å². The van der Waals surface area contributed by atoms with Gasteiger partial charge in [-0.1, -0.05) is 12.8 Å². The summed E-state index contributed by atoms with van der Waals surface area (Å²) in [6.07, 6.45) is 4.79. The molecule has 0 bridgehead atoms. The van der Waals surface area contributed by atoms with E-state index in [0.717, 1.165) is 38.1 Å². The molecule has 1 rings (SSSR count). The molecule has 0 fully saturated rings. The van der Waals surface area contributed by atoms with Crippen LogP contribution in [0.3, 0.4) is 0 Å². The predicted octanol–water partition coefficient (Wildman–Crippen LogP) is 2.54. The molecule has 0 saturated carbocycles. The molecular formula is C23H44N6O6Si. The molecule has 12 nitrogen and oxygen atoms in total. The fourth-order valence-corrected chi connectivity index (χ4v) is 6.51. The molecule has 0 aliphatic rings. The Morgan fingerprint density at radius 3 is 2.03 bits per heavy atom. The largest absolute Gasteiger partial charge is 0.393 e. The highest BCUT2D eigenvalue weighted by Crippen LogP contribution is 2.17. The number of unbranched alkanes of at least 4 members (excludes halogenated alkanes) is 3. The van der Waals surface area contributed by atoms with E-state index >= 15 is 0 Å². The molecule has 0 aromatic carbocycles. The number of nitrogens with zero attached hydrogens (tertiary/aromatic N) is 1. The molecule has 1 aromatic heterocycles. The summed E-state index contributed by atoms with van der Waals surface area (Å²) >= 11 is 0. The van der Waals surface area contributed by atoms with E-state index in [0.29, 0.717) is 51.4 Å².